The first kappa shape index (κ1) is 13.6. The molecule has 1 aromatic heterocycles. The highest BCUT2D eigenvalue weighted by molar-refractivity contribution is 7.09. The third kappa shape index (κ3) is 3.33. The molecule has 1 fully saturated rings. The Morgan fingerprint density at radius 2 is 2.39 bits per heavy atom. The second kappa shape index (κ2) is 6.34. The number of hydrogen-bond acceptors (Lipinski definition) is 3. The highest BCUT2D eigenvalue weighted by atomic mass is 32.1. The van der Waals surface area contributed by atoms with E-state index in [2.05, 4.69) is 11.4 Å². The fraction of sp³-hybridized carbons (Fsp3) is 0.643. The van der Waals surface area contributed by atoms with Crippen LogP contribution in [0.4, 0.5) is 0 Å². The van der Waals surface area contributed by atoms with E-state index in [0.29, 0.717) is 12.3 Å². The molecule has 2 atom stereocenters. The standard InChI is InChI=1S/C14H22N2OS/c1-2-16(10-12-6-4-8-18-12)14(17)9-11-5-3-7-13(11)15/h4,6,8,11,13H,2-3,5,7,9-10,15H2,1H3/t11-,13+/m0/s1. The van der Waals surface area contributed by atoms with Gasteiger partial charge in [-0.25, -0.2) is 0 Å². The summed E-state index contributed by atoms with van der Waals surface area (Å²) >= 11 is 1.71. The summed E-state index contributed by atoms with van der Waals surface area (Å²) in [6.07, 6.45) is 4.00. The Kier molecular flexibility index (Phi) is 4.78. The molecule has 4 heteroatoms. The van der Waals surface area contributed by atoms with Crippen LogP contribution < -0.4 is 5.73 Å². The number of carbonyl (C=O) groups excluding carboxylic acids is 1. The second-order valence-electron chi connectivity index (χ2n) is 5.05. The van der Waals surface area contributed by atoms with Crippen LogP contribution in [0.5, 0.6) is 0 Å². The second-order valence-corrected chi connectivity index (χ2v) is 6.08. The number of amides is 1. The Labute approximate surface area is 113 Å². The first-order valence-corrected chi connectivity index (χ1v) is 7.64. The molecule has 1 aromatic rings. The molecule has 1 aliphatic carbocycles. The normalized spacial score (nSPS) is 23.2. The zero-order valence-corrected chi connectivity index (χ0v) is 11.8. The third-order valence-corrected chi connectivity index (χ3v) is 4.68. The molecule has 0 aliphatic heterocycles. The van der Waals surface area contributed by atoms with Crippen molar-refractivity contribution in [2.24, 2.45) is 11.7 Å². The molecule has 1 heterocycles. The SMILES string of the molecule is CCN(Cc1cccs1)C(=O)C[C@@H]1CCC[C@H]1N. The molecule has 100 valence electrons. The van der Waals surface area contributed by atoms with Crippen molar-refractivity contribution in [3.05, 3.63) is 22.4 Å². The van der Waals surface area contributed by atoms with Gasteiger partial charge in [-0.15, -0.1) is 11.3 Å². The summed E-state index contributed by atoms with van der Waals surface area (Å²) in [6, 6.07) is 4.35. The smallest absolute Gasteiger partial charge is 0.223 e. The maximum absolute atomic E-state index is 12.3. The van der Waals surface area contributed by atoms with Gasteiger partial charge in [-0.3, -0.25) is 4.79 Å². The van der Waals surface area contributed by atoms with Gasteiger partial charge in [-0.2, -0.15) is 0 Å². The van der Waals surface area contributed by atoms with Crippen molar-refractivity contribution in [2.45, 2.75) is 45.2 Å². The van der Waals surface area contributed by atoms with Gasteiger partial charge in [-0.05, 0) is 37.1 Å². The molecule has 0 saturated heterocycles. The minimum absolute atomic E-state index is 0.231. The zero-order chi connectivity index (χ0) is 13.0. The quantitative estimate of drug-likeness (QED) is 0.890. The molecule has 1 aliphatic rings. The van der Waals surface area contributed by atoms with Gasteiger partial charge in [0.15, 0.2) is 0 Å². The van der Waals surface area contributed by atoms with Gasteiger partial charge in [0.1, 0.15) is 0 Å². The first-order valence-electron chi connectivity index (χ1n) is 6.76. The fourth-order valence-electron chi connectivity index (χ4n) is 2.64. The average Bonchev–Trinajstić information content (AvgIpc) is 2.99. The van der Waals surface area contributed by atoms with Gasteiger partial charge < -0.3 is 10.6 Å². The summed E-state index contributed by atoms with van der Waals surface area (Å²) in [5.74, 6) is 0.656. The fourth-order valence-corrected chi connectivity index (χ4v) is 3.36. The van der Waals surface area contributed by atoms with Crippen LogP contribution in [0.1, 0.15) is 37.5 Å². The largest absolute Gasteiger partial charge is 0.338 e. The van der Waals surface area contributed by atoms with Crippen LogP contribution in [0.3, 0.4) is 0 Å². The number of hydrogen-bond donors (Lipinski definition) is 1. The molecule has 1 amide bonds. The van der Waals surface area contributed by atoms with E-state index in [1.165, 1.54) is 11.3 Å². The lowest BCUT2D eigenvalue weighted by Crippen LogP contribution is -2.34. The maximum atomic E-state index is 12.3. The van der Waals surface area contributed by atoms with E-state index in [0.717, 1.165) is 25.9 Å². The summed E-state index contributed by atoms with van der Waals surface area (Å²) in [5.41, 5.74) is 6.04. The Balaban J connectivity index is 1.89. The highest BCUT2D eigenvalue weighted by Crippen LogP contribution is 2.27. The van der Waals surface area contributed by atoms with Crippen molar-refractivity contribution in [3.8, 4) is 0 Å². The molecule has 0 spiro atoms. The van der Waals surface area contributed by atoms with E-state index < -0.39 is 0 Å². The van der Waals surface area contributed by atoms with Crippen LogP contribution in [0.2, 0.25) is 0 Å². The van der Waals surface area contributed by atoms with Crippen molar-refractivity contribution >= 4 is 17.2 Å². The number of nitrogens with two attached hydrogens (primary N) is 1. The zero-order valence-electron chi connectivity index (χ0n) is 11.0. The monoisotopic (exact) mass is 266 g/mol. The van der Waals surface area contributed by atoms with Crippen molar-refractivity contribution in [1.82, 2.24) is 4.90 Å². The van der Waals surface area contributed by atoms with Crippen molar-refractivity contribution in [3.63, 3.8) is 0 Å². The lowest BCUT2D eigenvalue weighted by Gasteiger charge is -2.23. The molecule has 1 saturated carbocycles. The summed E-state index contributed by atoms with van der Waals surface area (Å²) < 4.78 is 0. The van der Waals surface area contributed by atoms with Gasteiger partial charge in [0.2, 0.25) is 5.91 Å². The number of thiophene rings is 1. The Morgan fingerprint density at radius 1 is 1.56 bits per heavy atom. The molecule has 0 unspecified atom stereocenters. The number of rotatable bonds is 5. The lowest BCUT2D eigenvalue weighted by molar-refractivity contribution is -0.132. The molecule has 2 rings (SSSR count). The molecular weight excluding hydrogens is 244 g/mol. The topological polar surface area (TPSA) is 46.3 Å². The van der Waals surface area contributed by atoms with Crippen molar-refractivity contribution < 1.29 is 4.79 Å². The van der Waals surface area contributed by atoms with E-state index in [1.54, 1.807) is 11.3 Å². The lowest BCUT2D eigenvalue weighted by atomic mass is 9.99. The maximum Gasteiger partial charge on any atom is 0.223 e. The number of nitrogens with zero attached hydrogens (tertiary/aromatic N) is 1. The summed E-state index contributed by atoms with van der Waals surface area (Å²) in [7, 11) is 0. The highest BCUT2D eigenvalue weighted by Gasteiger charge is 2.27. The van der Waals surface area contributed by atoms with E-state index in [1.807, 2.05) is 17.9 Å². The van der Waals surface area contributed by atoms with Crippen LogP contribution in [0.15, 0.2) is 17.5 Å². The van der Waals surface area contributed by atoms with Gasteiger partial charge >= 0.3 is 0 Å². The van der Waals surface area contributed by atoms with E-state index in [4.69, 9.17) is 5.73 Å². The predicted octanol–water partition coefficient (Wildman–Crippen LogP) is 2.61. The molecular formula is C14H22N2OS. The Hall–Kier alpha value is -0.870. The third-order valence-electron chi connectivity index (χ3n) is 3.82. The minimum Gasteiger partial charge on any atom is -0.338 e. The van der Waals surface area contributed by atoms with E-state index in [-0.39, 0.29) is 11.9 Å². The van der Waals surface area contributed by atoms with Crippen molar-refractivity contribution in [2.75, 3.05) is 6.54 Å². The summed E-state index contributed by atoms with van der Waals surface area (Å²) in [6.45, 7) is 3.56. The van der Waals surface area contributed by atoms with Crippen LogP contribution in [-0.4, -0.2) is 23.4 Å². The Morgan fingerprint density at radius 3 is 2.94 bits per heavy atom. The number of carbonyl (C=O) groups is 1. The van der Waals surface area contributed by atoms with Crippen LogP contribution >= 0.6 is 11.3 Å². The molecule has 0 bridgehead atoms. The summed E-state index contributed by atoms with van der Waals surface area (Å²) in [4.78, 5) is 15.5. The minimum atomic E-state index is 0.231. The van der Waals surface area contributed by atoms with Gasteiger partial charge in [-0.1, -0.05) is 12.5 Å². The van der Waals surface area contributed by atoms with Crippen molar-refractivity contribution in [1.29, 1.82) is 0 Å². The van der Waals surface area contributed by atoms with Crippen LogP contribution in [0.25, 0.3) is 0 Å². The van der Waals surface area contributed by atoms with Gasteiger partial charge in [0.05, 0.1) is 6.54 Å². The first-order chi connectivity index (χ1) is 8.70. The molecule has 0 aromatic carbocycles. The molecule has 18 heavy (non-hydrogen) atoms. The van der Waals surface area contributed by atoms with Gasteiger partial charge in [0, 0.05) is 23.9 Å². The van der Waals surface area contributed by atoms with Gasteiger partial charge in [0.25, 0.3) is 0 Å². The van der Waals surface area contributed by atoms with Crippen LogP contribution in [0, 0.1) is 5.92 Å². The van der Waals surface area contributed by atoms with E-state index >= 15 is 0 Å². The average molecular weight is 266 g/mol. The van der Waals surface area contributed by atoms with Crippen LogP contribution in [-0.2, 0) is 11.3 Å². The molecule has 2 N–H and O–H groups in total. The van der Waals surface area contributed by atoms with E-state index in [9.17, 15) is 4.79 Å². The summed E-state index contributed by atoms with van der Waals surface area (Å²) in [5, 5.41) is 2.06. The molecule has 3 nitrogen and oxygen atoms in total. The Bertz CT molecular complexity index is 377. The molecule has 0 radical (unpaired) electrons. The predicted molar refractivity (Wildman–Crippen MR) is 75.3 cm³/mol.